The molecule has 0 unspecified atom stereocenters. The molecule has 1 aliphatic rings. The van der Waals surface area contributed by atoms with Crippen molar-refractivity contribution < 1.29 is 13.9 Å². The van der Waals surface area contributed by atoms with E-state index in [0.29, 0.717) is 12.4 Å². The summed E-state index contributed by atoms with van der Waals surface area (Å²) in [6, 6.07) is 11.2. The molecule has 1 aliphatic heterocycles. The van der Waals surface area contributed by atoms with E-state index in [1.807, 2.05) is 24.3 Å². The summed E-state index contributed by atoms with van der Waals surface area (Å²) < 4.78 is 10.6. The first kappa shape index (κ1) is 14.7. The molecule has 0 saturated carbocycles. The second-order valence-electron chi connectivity index (χ2n) is 5.99. The Morgan fingerprint density at radius 3 is 2.64 bits per heavy atom. The quantitative estimate of drug-likeness (QED) is 0.946. The number of hydrogen-bond donors (Lipinski definition) is 1. The van der Waals surface area contributed by atoms with Crippen molar-refractivity contribution in [1.29, 1.82) is 0 Å². The lowest BCUT2D eigenvalue weighted by Gasteiger charge is -2.43. The Morgan fingerprint density at radius 2 is 2.00 bits per heavy atom. The summed E-state index contributed by atoms with van der Waals surface area (Å²) in [7, 11) is 0. The average Bonchev–Trinajstić information content (AvgIpc) is 3.02. The van der Waals surface area contributed by atoms with E-state index in [9.17, 15) is 4.79 Å². The molecule has 1 aromatic carbocycles. The number of amides is 1. The minimum Gasteiger partial charge on any atom is -0.459 e. The van der Waals surface area contributed by atoms with Gasteiger partial charge in [-0.25, -0.2) is 0 Å². The number of ether oxygens (including phenoxy) is 1. The minimum atomic E-state index is -0.246. The van der Waals surface area contributed by atoms with E-state index in [0.717, 1.165) is 24.5 Å². The minimum absolute atomic E-state index is 0.0306. The van der Waals surface area contributed by atoms with Crippen LogP contribution in [0.2, 0.25) is 0 Å². The summed E-state index contributed by atoms with van der Waals surface area (Å²) in [5.74, 6) is 0.0582. The van der Waals surface area contributed by atoms with Gasteiger partial charge in [0.1, 0.15) is 0 Å². The smallest absolute Gasteiger partial charge is 0.291 e. The zero-order valence-electron chi connectivity index (χ0n) is 12.8. The molecule has 0 spiro atoms. The maximum absolute atomic E-state index is 11.9. The molecular weight excluding hydrogens is 280 g/mol. The van der Waals surface area contributed by atoms with Crippen LogP contribution in [0, 0.1) is 0 Å². The van der Waals surface area contributed by atoms with Gasteiger partial charge in [-0.1, -0.05) is 0 Å². The highest BCUT2D eigenvalue weighted by atomic mass is 16.5. The van der Waals surface area contributed by atoms with Gasteiger partial charge in [0.05, 0.1) is 25.0 Å². The van der Waals surface area contributed by atoms with Gasteiger partial charge >= 0.3 is 0 Å². The maximum atomic E-state index is 11.9. The zero-order chi connectivity index (χ0) is 15.6. The fourth-order valence-electron chi connectivity index (χ4n) is 2.66. The van der Waals surface area contributed by atoms with Crippen LogP contribution in [0.25, 0.3) is 0 Å². The molecule has 5 nitrogen and oxygen atoms in total. The number of morpholine rings is 1. The molecular formula is C17H20N2O3. The first-order chi connectivity index (χ1) is 10.6. The number of carbonyl (C=O) groups excluding carboxylic acids is 1. The van der Waals surface area contributed by atoms with Gasteiger partial charge in [-0.3, -0.25) is 4.79 Å². The Bertz CT molecular complexity index is 632. The molecule has 116 valence electrons. The van der Waals surface area contributed by atoms with E-state index in [4.69, 9.17) is 9.15 Å². The molecule has 3 rings (SSSR count). The summed E-state index contributed by atoms with van der Waals surface area (Å²) in [5, 5.41) is 2.82. The van der Waals surface area contributed by atoms with Crippen molar-refractivity contribution in [1.82, 2.24) is 0 Å². The Morgan fingerprint density at radius 1 is 1.23 bits per heavy atom. The number of benzene rings is 1. The topological polar surface area (TPSA) is 54.7 Å². The van der Waals surface area contributed by atoms with Crippen molar-refractivity contribution in [2.75, 3.05) is 30.0 Å². The van der Waals surface area contributed by atoms with E-state index in [-0.39, 0.29) is 11.4 Å². The normalized spacial score (nSPS) is 17.3. The third kappa shape index (κ3) is 2.99. The van der Waals surface area contributed by atoms with Crippen LogP contribution in [-0.2, 0) is 4.74 Å². The predicted molar refractivity (Wildman–Crippen MR) is 85.3 cm³/mol. The maximum Gasteiger partial charge on any atom is 0.291 e. The Balaban J connectivity index is 1.71. The SMILES string of the molecule is CC1(C)COCCN1c1ccc(NC(=O)c2ccco2)cc1. The molecule has 1 N–H and O–H groups in total. The van der Waals surface area contributed by atoms with Gasteiger partial charge in [0.25, 0.3) is 5.91 Å². The van der Waals surface area contributed by atoms with Crippen molar-refractivity contribution in [2.45, 2.75) is 19.4 Å². The fraction of sp³-hybridized carbons (Fsp3) is 0.353. The van der Waals surface area contributed by atoms with Crippen LogP contribution in [0.3, 0.4) is 0 Å². The molecule has 1 fully saturated rings. The lowest BCUT2D eigenvalue weighted by atomic mass is 10.0. The standard InChI is InChI=1S/C17H20N2O3/c1-17(2)12-21-11-9-19(17)14-7-5-13(6-8-14)18-16(20)15-4-3-10-22-15/h3-8,10H,9,11-12H2,1-2H3,(H,18,20). The third-order valence-electron chi connectivity index (χ3n) is 3.83. The molecule has 2 heterocycles. The third-order valence-corrected chi connectivity index (χ3v) is 3.83. The average molecular weight is 300 g/mol. The first-order valence-corrected chi connectivity index (χ1v) is 7.37. The Kier molecular flexibility index (Phi) is 3.90. The molecule has 2 aromatic rings. The lowest BCUT2D eigenvalue weighted by molar-refractivity contribution is 0.0644. The van der Waals surface area contributed by atoms with Gasteiger partial charge in [0.15, 0.2) is 5.76 Å². The van der Waals surface area contributed by atoms with Gasteiger partial charge < -0.3 is 19.4 Å². The number of anilines is 2. The van der Waals surface area contributed by atoms with Gasteiger partial charge in [-0.2, -0.15) is 0 Å². The number of furan rings is 1. The van der Waals surface area contributed by atoms with Crippen LogP contribution in [0.5, 0.6) is 0 Å². The van der Waals surface area contributed by atoms with Crippen molar-refractivity contribution >= 4 is 17.3 Å². The lowest BCUT2D eigenvalue weighted by Crippen LogP contribution is -2.53. The number of hydrogen-bond acceptors (Lipinski definition) is 4. The Hall–Kier alpha value is -2.27. The van der Waals surface area contributed by atoms with E-state index in [2.05, 4.69) is 24.1 Å². The van der Waals surface area contributed by atoms with Crippen LogP contribution in [-0.4, -0.2) is 31.2 Å². The van der Waals surface area contributed by atoms with Crippen molar-refractivity contribution in [3.8, 4) is 0 Å². The molecule has 22 heavy (non-hydrogen) atoms. The summed E-state index contributed by atoms with van der Waals surface area (Å²) >= 11 is 0. The van der Waals surface area contributed by atoms with Crippen LogP contribution in [0.15, 0.2) is 47.1 Å². The summed E-state index contributed by atoms with van der Waals surface area (Å²) in [6.45, 7) is 6.65. The van der Waals surface area contributed by atoms with Crippen LogP contribution in [0.1, 0.15) is 24.4 Å². The van der Waals surface area contributed by atoms with Crippen molar-refractivity contribution in [3.05, 3.63) is 48.4 Å². The van der Waals surface area contributed by atoms with E-state index in [1.165, 1.54) is 6.26 Å². The molecule has 1 aromatic heterocycles. The van der Waals surface area contributed by atoms with Crippen LogP contribution in [0.4, 0.5) is 11.4 Å². The largest absolute Gasteiger partial charge is 0.459 e. The van der Waals surface area contributed by atoms with Crippen LogP contribution < -0.4 is 10.2 Å². The van der Waals surface area contributed by atoms with Gasteiger partial charge in [0, 0.05) is 17.9 Å². The predicted octanol–water partition coefficient (Wildman–Crippen LogP) is 3.15. The molecule has 1 amide bonds. The molecule has 0 atom stereocenters. The molecule has 1 saturated heterocycles. The van der Waals surface area contributed by atoms with Crippen molar-refractivity contribution in [3.63, 3.8) is 0 Å². The molecule has 0 aliphatic carbocycles. The highest BCUT2D eigenvalue weighted by Gasteiger charge is 2.30. The monoisotopic (exact) mass is 300 g/mol. The second kappa shape index (κ2) is 5.85. The number of rotatable bonds is 3. The summed E-state index contributed by atoms with van der Waals surface area (Å²) in [5.41, 5.74) is 1.84. The molecule has 5 heteroatoms. The number of carbonyl (C=O) groups is 1. The number of nitrogens with zero attached hydrogens (tertiary/aromatic N) is 1. The Labute approximate surface area is 129 Å². The van der Waals surface area contributed by atoms with Gasteiger partial charge in [-0.05, 0) is 50.2 Å². The second-order valence-corrected chi connectivity index (χ2v) is 5.99. The summed E-state index contributed by atoms with van der Waals surface area (Å²) in [4.78, 5) is 14.3. The van der Waals surface area contributed by atoms with E-state index < -0.39 is 0 Å². The van der Waals surface area contributed by atoms with Crippen LogP contribution >= 0.6 is 0 Å². The highest BCUT2D eigenvalue weighted by Crippen LogP contribution is 2.28. The van der Waals surface area contributed by atoms with E-state index >= 15 is 0 Å². The first-order valence-electron chi connectivity index (χ1n) is 7.37. The van der Waals surface area contributed by atoms with Gasteiger partial charge in [0.2, 0.25) is 0 Å². The fourth-order valence-corrected chi connectivity index (χ4v) is 2.66. The highest BCUT2D eigenvalue weighted by molar-refractivity contribution is 6.02. The summed E-state index contributed by atoms with van der Waals surface area (Å²) in [6.07, 6.45) is 1.48. The zero-order valence-corrected chi connectivity index (χ0v) is 12.8. The van der Waals surface area contributed by atoms with Gasteiger partial charge in [-0.15, -0.1) is 0 Å². The molecule has 0 bridgehead atoms. The molecule has 0 radical (unpaired) electrons. The van der Waals surface area contributed by atoms with E-state index in [1.54, 1.807) is 12.1 Å². The van der Waals surface area contributed by atoms with Crippen molar-refractivity contribution in [2.24, 2.45) is 0 Å². The number of nitrogens with one attached hydrogen (secondary N) is 1.